The SMILES string of the molecule is Cc1nnc(C(=S)C2=C(C(=O)O)N3C(=O)C(NC(=O)C(NC(=O)c4c[nH]c5cccnc5c4=O)c4ccc(NC(N)=O)cc4)[C@@H]3SC2)s1. The molecule has 2 aliphatic rings. The number of carbonyl (C=O) groups is 5. The number of thiocarbonyl (C=S) groups is 1. The second-order valence-corrected chi connectivity index (χ2v) is 13.1. The van der Waals surface area contributed by atoms with Crippen LogP contribution in [0.3, 0.4) is 0 Å². The van der Waals surface area contributed by atoms with Crippen molar-refractivity contribution in [3.8, 4) is 0 Å². The molecule has 0 spiro atoms. The number of nitrogens with two attached hydrogens (primary N) is 1. The van der Waals surface area contributed by atoms with Crippen molar-refractivity contribution in [1.82, 2.24) is 35.7 Å². The van der Waals surface area contributed by atoms with Crippen molar-refractivity contribution >= 4 is 86.6 Å². The second kappa shape index (κ2) is 12.9. The van der Waals surface area contributed by atoms with Crippen LogP contribution in [0.2, 0.25) is 0 Å². The van der Waals surface area contributed by atoms with Gasteiger partial charge in [0.2, 0.25) is 11.3 Å². The molecule has 0 radical (unpaired) electrons. The average Bonchev–Trinajstić information content (AvgIpc) is 3.51. The number of fused-ring (bicyclic) bond motifs is 2. The molecule has 5 heterocycles. The van der Waals surface area contributed by atoms with Gasteiger partial charge in [-0.1, -0.05) is 35.7 Å². The van der Waals surface area contributed by atoms with Crippen molar-refractivity contribution in [2.45, 2.75) is 24.4 Å². The highest BCUT2D eigenvalue weighted by atomic mass is 32.2. The largest absolute Gasteiger partial charge is 0.477 e. The number of pyridine rings is 2. The number of amides is 5. The lowest BCUT2D eigenvalue weighted by molar-refractivity contribution is -0.150. The average molecular weight is 706 g/mol. The minimum absolute atomic E-state index is 0.0184. The predicted octanol–water partition coefficient (Wildman–Crippen LogP) is 1.20. The molecule has 1 fully saturated rings. The number of nitrogens with one attached hydrogen (secondary N) is 4. The highest BCUT2D eigenvalue weighted by Crippen LogP contribution is 2.41. The summed E-state index contributed by atoms with van der Waals surface area (Å²) in [6.07, 6.45) is 2.60. The number of thioether (sulfide) groups is 1. The molecule has 1 aromatic carbocycles. The molecule has 3 aromatic heterocycles. The Hall–Kier alpha value is -5.53. The molecule has 1 saturated heterocycles. The van der Waals surface area contributed by atoms with Gasteiger partial charge in [-0.25, -0.2) is 9.59 Å². The van der Waals surface area contributed by atoms with E-state index in [9.17, 15) is 33.9 Å². The zero-order chi connectivity index (χ0) is 34.3. The van der Waals surface area contributed by atoms with Gasteiger partial charge in [0, 0.05) is 29.4 Å². The van der Waals surface area contributed by atoms with Crippen LogP contribution in [0.4, 0.5) is 10.5 Å². The van der Waals surface area contributed by atoms with Gasteiger partial charge in [0.05, 0.1) is 10.4 Å². The summed E-state index contributed by atoms with van der Waals surface area (Å²) in [5.74, 6) is -3.68. The number of hydrogen-bond donors (Lipinski definition) is 6. The number of urea groups is 1. The molecule has 4 aromatic rings. The summed E-state index contributed by atoms with van der Waals surface area (Å²) in [5, 5.41) is 25.8. The molecule has 3 atom stereocenters. The molecule has 6 rings (SSSR count). The van der Waals surface area contributed by atoms with Crippen LogP contribution in [0.15, 0.2) is 64.9 Å². The topological polar surface area (TPSA) is 242 Å². The Morgan fingerprint density at radius 1 is 1.15 bits per heavy atom. The fourth-order valence-corrected chi connectivity index (χ4v) is 7.61. The lowest BCUT2D eigenvalue weighted by Gasteiger charge is -2.49. The molecule has 0 bridgehead atoms. The van der Waals surface area contributed by atoms with Crippen LogP contribution < -0.4 is 27.1 Å². The van der Waals surface area contributed by atoms with Crippen LogP contribution in [0.1, 0.15) is 32.0 Å². The first kappa shape index (κ1) is 32.4. The third-order valence-electron chi connectivity index (χ3n) is 7.40. The molecule has 7 N–H and O–H groups in total. The molecule has 2 aliphatic heterocycles. The number of H-pyrrole nitrogens is 1. The van der Waals surface area contributed by atoms with E-state index in [2.05, 4.69) is 36.1 Å². The van der Waals surface area contributed by atoms with Gasteiger partial charge in [-0.05, 0) is 36.8 Å². The number of aromatic amines is 1. The number of aromatic nitrogens is 4. The quantitative estimate of drug-likeness (QED) is 0.0818. The number of aliphatic carboxylic acids is 1. The molecule has 244 valence electrons. The number of carboxylic acids is 1. The van der Waals surface area contributed by atoms with E-state index in [1.165, 1.54) is 59.8 Å². The van der Waals surface area contributed by atoms with Crippen molar-refractivity contribution in [2.24, 2.45) is 5.73 Å². The second-order valence-electron chi connectivity index (χ2n) is 10.4. The van der Waals surface area contributed by atoms with E-state index in [4.69, 9.17) is 18.0 Å². The maximum atomic E-state index is 13.8. The summed E-state index contributed by atoms with van der Waals surface area (Å²) < 4.78 is 0. The summed E-state index contributed by atoms with van der Waals surface area (Å²) in [7, 11) is 0. The summed E-state index contributed by atoms with van der Waals surface area (Å²) >= 11 is 7.90. The summed E-state index contributed by atoms with van der Waals surface area (Å²) in [4.78, 5) is 85.5. The lowest BCUT2D eigenvalue weighted by Crippen LogP contribution is -2.71. The highest BCUT2D eigenvalue weighted by Gasteiger charge is 2.55. The fraction of sp³-hybridized carbons (Fsp3) is 0.172. The van der Waals surface area contributed by atoms with Gasteiger partial charge in [0.15, 0.2) is 5.01 Å². The van der Waals surface area contributed by atoms with Crippen LogP contribution >= 0.6 is 35.3 Å². The van der Waals surface area contributed by atoms with Gasteiger partial charge in [0.25, 0.3) is 11.8 Å². The number of anilines is 1. The number of aryl methyl sites for hydroxylation is 1. The van der Waals surface area contributed by atoms with Crippen molar-refractivity contribution in [2.75, 3.05) is 11.1 Å². The van der Waals surface area contributed by atoms with E-state index in [0.29, 0.717) is 21.2 Å². The maximum absolute atomic E-state index is 13.8. The molecule has 19 heteroatoms. The van der Waals surface area contributed by atoms with Crippen molar-refractivity contribution in [3.05, 3.63) is 91.4 Å². The first-order valence-corrected chi connectivity index (χ1v) is 16.2. The third-order valence-corrected chi connectivity index (χ3v) is 10.1. The predicted molar refractivity (Wildman–Crippen MR) is 178 cm³/mol. The van der Waals surface area contributed by atoms with E-state index in [1.54, 1.807) is 19.1 Å². The molecule has 0 saturated carbocycles. The molecule has 0 aliphatic carbocycles. The first-order valence-electron chi connectivity index (χ1n) is 13.9. The van der Waals surface area contributed by atoms with E-state index < -0.39 is 52.6 Å². The number of rotatable bonds is 9. The first-order chi connectivity index (χ1) is 22.9. The number of benzene rings is 1. The normalized spacial score (nSPS) is 17.6. The minimum Gasteiger partial charge on any atom is -0.477 e. The van der Waals surface area contributed by atoms with E-state index in [1.807, 2.05) is 0 Å². The van der Waals surface area contributed by atoms with Crippen LogP contribution in [-0.2, 0) is 14.4 Å². The van der Waals surface area contributed by atoms with Crippen molar-refractivity contribution in [3.63, 3.8) is 0 Å². The molecule has 5 amide bonds. The smallest absolute Gasteiger partial charge is 0.353 e. The van der Waals surface area contributed by atoms with Crippen molar-refractivity contribution in [1.29, 1.82) is 0 Å². The summed E-state index contributed by atoms with van der Waals surface area (Å²) in [6.45, 7) is 1.73. The summed E-state index contributed by atoms with van der Waals surface area (Å²) in [6, 6.07) is 5.60. The van der Waals surface area contributed by atoms with Crippen LogP contribution in [-0.4, -0.2) is 81.9 Å². The third kappa shape index (κ3) is 6.00. The zero-order valence-electron chi connectivity index (χ0n) is 24.5. The molecule has 2 unspecified atom stereocenters. The lowest BCUT2D eigenvalue weighted by atomic mass is 9.99. The number of primary amides is 1. The highest BCUT2D eigenvalue weighted by molar-refractivity contribution is 8.00. The Morgan fingerprint density at radius 2 is 1.90 bits per heavy atom. The Labute approximate surface area is 283 Å². The Kier molecular flexibility index (Phi) is 8.73. The Morgan fingerprint density at radius 3 is 2.56 bits per heavy atom. The van der Waals surface area contributed by atoms with Gasteiger partial charge < -0.3 is 31.8 Å². The standard InChI is InChI=1S/C29H23N9O7S3/c1-11-36-37-25(48-11)22(46)15-10-47-27-19(26(42)38(27)20(15)28(43)44)35-24(41)17(12-4-6-13(7-5-12)33-29(30)45)34-23(40)14-9-32-16-3-2-8-31-18(16)21(14)39/h2-9,17,19,27H,10H2,1H3,(H,32,39)(H,34,40)(H,35,41)(H,43,44)(H3,30,33,45)/t17?,19?,27-/m0/s1. The van der Waals surface area contributed by atoms with Gasteiger partial charge in [-0.3, -0.25) is 29.1 Å². The number of nitrogens with zero attached hydrogens (tertiary/aromatic N) is 4. The fourth-order valence-electron chi connectivity index (χ4n) is 5.17. The van der Waals surface area contributed by atoms with Gasteiger partial charge in [-0.15, -0.1) is 22.0 Å². The number of carbonyl (C=O) groups excluding carboxylic acids is 4. The zero-order valence-corrected chi connectivity index (χ0v) is 27.0. The molecular weight excluding hydrogens is 683 g/mol. The number of β-lactam (4-membered cyclic amide) rings is 1. The molecule has 48 heavy (non-hydrogen) atoms. The van der Waals surface area contributed by atoms with Gasteiger partial charge in [-0.2, -0.15) is 0 Å². The minimum atomic E-state index is -1.44. The van der Waals surface area contributed by atoms with E-state index >= 15 is 0 Å². The number of carboxylic acid groups (broad SMARTS) is 1. The monoisotopic (exact) mass is 705 g/mol. The Bertz CT molecular complexity index is 2130. The molecule has 16 nitrogen and oxygen atoms in total. The van der Waals surface area contributed by atoms with E-state index in [-0.39, 0.29) is 38.5 Å². The summed E-state index contributed by atoms with van der Waals surface area (Å²) in [5.41, 5.74) is 5.09. The molecular formula is C29H23N9O7S3. The van der Waals surface area contributed by atoms with E-state index in [0.717, 1.165) is 4.90 Å². The van der Waals surface area contributed by atoms with Gasteiger partial charge in [0.1, 0.15) is 39.2 Å². The number of hydrogen-bond acceptors (Lipinski definition) is 12. The van der Waals surface area contributed by atoms with Crippen LogP contribution in [0.25, 0.3) is 11.0 Å². The van der Waals surface area contributed by atoms with Crippen LogP contribution in [0, 0.1) is 6.92 Å². The maximum Gasteiger partial charge on any atom is 0.353 e. The Balaban J connectivity index is 1.27. The van der Waals surface area contributed by atoms with Crippen LogP contribution in [0.5, 0.6) is 0 Å². The van der Waals surface area contributed by atoms with Crippen molar-refractivity contribution < 1.29 is 29.1 Å². The van der Waals surface area contributed by atoms with Gasteiger partial charge >= 0.3 is 12.0 Å².